The molecule has 0 saturated carbocycles. The Balaban J connectivity index is 2.35. The molecule has 0 bridgehead atoms. The smallest absolute Gasteiger partial charge is 0.350 e. The molecular formula is C12H14N2O6S. The number of fused-ring (bicyclic) bond motifs is 1. The molecule has 2 heterocycles. The van der Waals surface area contributed by atoms with E-state index in [0.717, 1.165) is 11.3 Å². The van der Waals surface area contributed by atoms with Gasteiger partial charge in [0.05, 0.1) is 20.8 Å². The zero-order valence-corrected chi connectivity index (χ0v) is 12.3. The van der Waals surface area contributed by atoms with Gasteiger partial charge in [0.25, 0.3) is 5.91 Å². The normalized spacial score (nSPS) is 15.0. The lowest BCUT2D eigenvalue weighted by atomic mass is 10.2. The number of methoxy groups -OCH3 is 2. The van der Waals surface area contributed by atoms with E-state index in [4.69, 9.17) is 10.5 Å². The van der Waals surface area contributed by atoms with Crippen molar-refractivity contribution in [2.24, 2.45) is 5.73 Å². The Bertz CT molecular complexity index is 584. The molecule has 9 heteroatoms. The summed E-state index contributed by atoms with van der Waals surface area (Å²) in [5.74, 6) is -1.25. The maximum atomic E-state index is 12.0. The van der Waals surface area contributed by atoms with Crippen LogP contribution in [0.3, 0.4) is 0 Å². The van der Waals surface area contributed by atoms with Crippen molar-refractivity contribution >= 4 is 34.9 Å². The number of carbonyl (C=O) groups excluding carboxylic acids is 3. The molecular weight excluding hydrogens is 300 g/mol. The third-order valence-corrected chi connectivity index (χ3v) is 3.84. The summed E-state index contributed by atoms with van der Waals surface area (Å²) in [5.41, 5.74) is 5.96. The highest BCUT2D eigenvalue weighted by Crippen LogP contribution is 2.40. The van der Waals surface area contributed by atoms with Crippen LogP contribution in [0, 0.1) is 0 Å². The van der Waals surface area contributed by atoms with E-state index in [2.05, 4.69) is 9.47 Å². The zero-order chi connectivity index (χ0) is 15.6. The van der Waals surface area contributed by atoms with E-state index in [1.807, 2.05) is 0 Å². The summed E-state index contributed by atoms with van der Waals surface area (Å²) in [6.07, 6.45) is 0. The van der Waals surface area contributed by atoms with Crippen molar-refractivity contribution in [3.05, 3.63) is 10.3 Å². The van der Waals surface area contributed by atoms with E-state index in [0.29, 0.717) is 5.75 Å². The second kappa shape index (κ2) is 6.10. The van der Waals surface area contributed by atoms with Crippen LogP contribution >= 0.6 is 11.3 Å². The van der Waals surface area contributed by atoms with Crippen LogP contribution < -0.4 is 15.4 Å². The summed E-state index contributed by atoms with van der Waals surface area (Å²) in [6, 6.07) is -1.02. The van der Waals surface area contributed by atoms with Gasteiger partial charge in [-0.3, -0.25) is 9.59 Å². The van der Waals surface area contributed by atoms with Gasteiger partial charge in [-0.05, 0) is 0 Å². The van der Waals surface area contributed by atoms with Gasteiger partial charge in [-0.2, -0.15) is 0 Å². The zero-order valence-electron chi connectivity index (χ0n) is 11.5. The largest absolute Gasteiger partial charge is 0.481 e. The number of hydrogen-bond donors (Lipinski definition) is 1. The van der Waals surface area contributed by atoms with Crippen molar-refractivity contribution in [2.75, 3.05) is 32.3 Å². The van der Waals surface area contributed by atoms with E-state index in [1.165, 1.54) is 19.1 Å². The van der Waals surface area contributed by atoms with Crippen LogP contribution in [-0.4, -0.2) is 51.3 Å². The van der Waals surface area contributed by atoms with Crippen molar-refractivity contribution in [3.8, 4) is 5.75 Å². The minimum atomic E-state index is -1.02. The Kier molecular flexibility index (Phi) is 4.43. The monoisotopic (exact) mass is 314 g/mol. The molecule has 0 unspecified atom stereocenters. The fourth-order valence-corrected chi connectivity index (χ4v) is 2.80. The SMILES string of the molecule is COC(=O)c1scc2c1N(C[C@H](N)C(=O)OC)C(=O)CO2. The molecule has 0 aromatic carbocycles. The Labute approximate surface area is 124 Å². The van der Waals surface area contributed by atoms with Crippen LogP contribution in [0.15, 0.2) is 5.38 Å². The van der Waals surface area contributed by atoms with Crippen molar-refractivity contribution in [2.45, 2.75) is 6.04 Å². The molecule has 1 aromatic heterocycles. The Morgan fingerprint density at radius 1 is 1.48 bits per heavy atom. The van der Waals surface area contributed by atoms with Crippen LogP contribution in [0.5, 0.6) is 5.75 Å². The lowest BCUT2D eigenvalue weighted by molar-refractivity contribution is -0.141. The van der Waals surface area contributed by atoms with Crippen molar-refractivity contribution in [3.63, 3.8) is 0 Å². The molecule has 0 spiro atoms. The summed E-state index contributed by atoms with van der Waals surface area (Å²) in [5, 5.41) is 1.60. The van der Waals surface area contributed by atoms with Crippen LogP contribution in [0.25, 0.3) is 0 Å². The maximum absolute atomic E-state index is 12.0. The van der Waals surface area contributed by atoms with E-state index in [1.54, 1.807) is 5.38 Å². The van der Waals surface area contributed by atoms with Gasteiger partial charge in [0.15, 0.2) is 12.4 Å². The van der Waals surface area contributed by atoms with Gasteiger partial charge in [-0.1, -0.05) is 0 Å². The summed E-state index contributed by atoms with van der Waals surface area (Å²) in [4.78, 5) is 36.6. The van der Waals surface area contributed by atoms with Crippen molar-refractivity contribution < 1.29 is 28.6 Å². The maximum Gasteiger partial charge on any atom is 0.350 e. The van der Waals surface area contributed by atoms with E-state index in [-0.39, 0.29) is 23.7 Å². The number of esters is 2. The van der Waals surface area contributed by atoms with Crippen molar-refractivity contribution in [1.29, 1.82) is 0 Å². The van der Waals surface area contributed by atoms with Crippen LogP contribution in [-0.2, 0) is 19.1 Å². The molecule has 114 valence electrons. The molecule has 2 N–H and O–H groups in total. The highest BCUT2D eigenvalue weighted by molar-refractivity contribution is 7.13. The van der Waals surface area contributed by atoms with Crippen molar-refractivity contribution in [1.82, 2.24) is 0 Å². The number of nitrogens with two attached hydrogens (primary N) is 1. The number of nitrogens with zero attached hydrogens (tertiary/aromatic N) is 1. The highest BCUT2D eigenvalue weighted by Gasteiger charge is 2.34. The van der Waals surface area contributed by atoms with Gasteiger partial charge >= 0.3 is 11.9 Å². The molecule has 0 saturated heterocycles. The standard InChI is InChI=1S/C12H14N2O6S/c1-18-11(16)6(13)3-14-8(15)4-20-7-5-21-10(9(7)14)12(17)19-2/h5-6H,3-4,13H2,1-2H3/t6-/m0/s1. The fraction of sp³-hybridized carbons (Fsp3) is 0.417. The number of hydrogen-bond acceptors (Lipinski definition) is 8. The third kappa shape index (κ3) is 2.83. The summed E-state index contributed by atoms with van der Waals surface area (Å²) in [7, 11) is 2.45. The first-order valence-electron chi connectivity index (χ1n) is 5.96. The summed E-state index contributed by atoms with van der Waals surface area (Å²) >= 11 is 1.09. The second-order valence-corrected chi connectivity index (χ2v) is 5.07. The number of amides is 1. The molecule has 1 aliphatic heterocycles. The second-order valence-electron chi connectivity index (χ2n) is 4.19. The Morgan fingerprint density at radius 2 is 2.19 bits per heavy atom. The molecule has 21 heavy (non-hydrogen) atoms. The summed E-state index contributed by atoms with van der Waals surface area (Å²) < 4.78 is 14.5. The van der Waals surface area contributed by atoms with Gasteiger partial charge in [0.2, 0.25) is 0 Å². The molecule has 1 aromatic rings. The Hall–Kier alpha value is -2.13. The average molecular weight is 314 g/mol. The lowest BCUT2D eigenvalue weighted by Gasteiger charge is -2.29. The van der Waals surface area contributed by atoms with E-state index >= 15 is 0 Å². The van der Waals surface area contributed by atoms with Crippen LogP contribution in [0.4, 0.5) is 5.69 Å². The minimum Gasteiger partial charge on any atom is -0.481 e. The molecule has 0 aliphatic carbocycles. The topological polar surface area (TPSA) is 108 Å². The van der Waals surface area contributed by atoms with Crippen LogP contribution in [0.2, 0.25) is 0 Å². The van der Waals surface area contributed by atoms with E-state index < -0.39 is 23.9 Å². The minimum absolute atomic E-state index is 0.109. The first-order chi connectivity index (χ1) is 9.99. The lowest BCUT2D eigenvalue weighted by Crippen LogP contribution is -2.49. The number of rotatable bonds is 4. The molecule has 0 fully saturated rings. The van der Waals surface area contributed by atoms with Gasteiger partial charge in [-0.25, -0.2) is 4.79 Å². The van der Waals surface area contributed by atoms with Gasteiger partial charge in [0.1, 0.15) is 16.6 Å². The molecule has 1 atom stereocenters. The summed E-state index contributed by atoms with van der Waals surface area (Å²) in [6.45, 7) is -0.291. The number of ether oxygens (including phenoxy) is 3. The Morgan fingerprint density at radius 3 is 2.81 bits per heavy atom. The van der Waals surface area contributed by atoms with Gasteiger partial charge in [-0.15, -0.1) is 11.3 Å². The molecule has 0 radical (unpaired) electrons. The third-order valence-electron chi connectivity index (χ3n) is 2.91. The van der Waals surface area contributed by atoms with Gasteiger partial charge < -0.3 is 24.8 Å². The number of carbonyl (C=O) groups is 3. The molecule has 2 rings (SSSR count). The van der Waals surface area contributed by atoms with Gasteiger partial charge in [0, 0.05) is 5.38 Å². The number of thiophene rings is 1. The molecule has 8 nitrogen and oxygen atoms in total. The average Bonchev–Trinajstić information content (AvgIpc) is 2.92. The molecule has 1 amide bonds. The highest BCUT2D eigenvalue weighted by atomic mass is 32.1. The predicted octanol–water partition coefficient (Wildman–Crippen LogP) is -0.240. The van der Waals surface area contributed by atoms with Crippen LogP contribution in [0.1, 0.15) is 9.67 Å². The van der Waals surface area contributed by atoms with E-state index in [9.17, 15) is 14.4 Å². The predicted molar refractivity (Wildman–Crippen MR) is 73.5 cm³/mol. The first-order valence-corrected chi connectivity index (χ1v) is 6.84. The number of anilines is 1. The molecule has 1 aliphatic rings. The quantitative estimate of drug-likeness (QED) is 0.764. The first kappa shape index (κ1) is 15.3. The fourth-order valence-electron chi connectivity index (χ4n) is 1.89.